The molecular weight excluding hydrogens is 190 g/mol. The summed E-state index contributed by atoms with van der Waals surface area (Å²) in [5, 5.41) is 8.60. The quantitative estimate of drug-likeness (QED) is 0.508. The van der Waals surface area contributed by atoms with Crippen molar-refractivity contribution >= 4 is 28.1 Å². The Balaban J connectivity index is 3.28. The number of hydrogen-bond acceptors (Lipinski definition) is 2. The van der Waals surface area contributed by atoms with E-state index >= 15 is 0 Å². The lowest BCUT2D eigenvalue weighted by Gasteiger charge is -2.01. The average Bonchev–Trinajstić information content (AvgIpc) is 2.05. The number of hydrogen-bond donors (Lipinski definition) is 0. The van der Waals surface area contributed by atoms with E-state index in [1.165, 1.54) is 0 Å². The summed E-state index contributed by atoms with van der Waals surface area (Å²) in [7, 11) is 0. The molecule has 3 heteroatoms. The van der Waals surface area contributed by atoms with Crippen LogP contribution < -0.4 is 0 Å². The number of benzene rings is 1. The van der Waals surface area contributed by atoms with Crippen LogP contribution in [0.25, 0.3) is 0 Å². The molecule has 12 heavy (non-hydrogen) atoms. The molecule has 0 aromatic heterocycles. The van der Waals surface area contributed by atoms with Crippen molar-refractivity contribution < 1.29 is 0 Å². The predicted octanol–water partition coefficient (Wildman–Crippen LogP) is 2.78. The largest absolute Gasteiger partial charge is 0.192 e. The summed E-state index contributed by atoms with van der Waals surface area (Å²) in [5.74, 6) is 0. The second-order valence-electron chi connectivity index (χ2n) is 2.42. The topological polar surface area (TPSA) is 23.8 Å². The fourth-order valence-corrected chi connectivity index (χ4v) is 1.33. The third-order valence-electron chi connectivity index (χ3n) is 1.58. The van der Waals surface area contributed by atoms with Gasteiger partial charge >= 0.3 is 0 Å². The minimum atomic E-state index is 0.310. The number of halogens is 1. The maximum absolute atomic E-state index is 8.60. The van der Waals surface area contributed by atoms with Gasteiger partial charge in [-0.25, -0.2) is 0 Å². The fraction of sp³-hybridized carbons (Fsp3) is 0.111. The summed E-state index contributed by atoms with van der Waals surface area (Å²) in [6.45, 7) is 1.91. The number of nitriles is 1. The second-order valence-corrected chi connectivity index (χ2v) is 3.43. The van der Waals surface area contributed by atoms with E-state index in [2.05, 4.69) is 0 Å². The van der Waals surface area contributed by atoms with Crippen molar-refractivity contribution in [3.05, 3.63) is 34.9 Å². The zero-order valence-corrected chi connectivity index (χ0v) is 8.04. The standard InChI is InChI=1S/C9H6ClNS/c1-6-2-3-7(5-11)4-8(6)9(10)12/h2-4H,1H3. The van der Waals surface area contributed by atoms with E-state index in [1.807, 2.05) is 19.1 Å². The summed E-state index contributed by atoms with van der Waals surface area (Å²) in [6.07, 6.45) is 0. The van der Waals surface area contributed by atoms with Gasteiger partial charge in [0.1, 0.15) is 4.32 Å². The second kappa shape index (κ2) is 3.66. The van der Waals surface area contributed by atoms with Gasteiger partial charge < -0.3 is 0 Å². The van der Waals surface area contributed by atoms with Gasteiger partial charge in [-0.05, 0) is 24.6 Å². The van der Waals surface area contributed by atoms with Crippen LogP contribution in [0.2, 0.25) is 0 Å². The molecule has 0 N–H and O–H groups in total. The minimum Gasteiger partial charge on any atom is -0.192 e. The SMILES string of the molecule is Cc1ccc(C#N)cc1C(=S)Cl. The van der Waals surface area contributed by atoms with Gasteiger partial charge in [0.25, 0.3) is 0 Å². The molecule has 1 rings (SSSR count). The van der Waals surface area contributed by atoms with Gasteiger partial charge in [0.2, 0.25) is 0 Å². The lowest BCUT2D eigenvalue weighted by Crippen LogP contribution is -1.92. The monoisotopic (exact) mass is 195 g/mol. The highest BCUT2D eigenvalue weighted by atomic mass is 35.5. The van der Waals surface area contributed by atoms with Crippen LogP contribution in [0, 0.1) is 18.3 Å². The minimum absolute atomic E-state index is 0.310. The molecule has 1 nitrogen and oxygen atoms in total. The van der Waals surface area contributed by atoms with Gasteiger partial charge in [-0.3, -0.25) is 0 Å². The Kier molecular flexibility index (Phi) is 2.80. The van der Waals surface area contributed by atoms with Crippen LogP contribution >= 0.6 is 23.8 Å². The van der Waals surface area contributed by atoms with Crippen molar-refractivity contribution in [1.82, 2.24) is 0 Å². The first-order chi connectivity index (χ1) is 5.65. The number of thiocarbonyl (C=S) groups is 1. The molecule has 0 bridgehead atoms. The molecule has 0 heterocycles. The highest BCUT2D eigenvalue weighted by Crippen LogP contribution is 2.13. The zero-order valence-electron chi connectivity index (χ0n) is 6.47. The van der Waals surface area contributed by atoms with Crippen molar-refractivity contribution in [3.8, 4) is 6.07 Å². The lowest BCUT2D eigenvalue weighted by atomic mass is 10.1. The normalized spacial score (nSPS) is 9.08. The smallest absolute Gasteiger partial charge is 0.111 e. The van der Waals surface area contributed by atoms with Gasteiger partial charge in [-0.2, -0.15) is 5.26 Å². The van der Waals surface area contributed by atoms with Crippen molar-refractivity contribution in [2.45, 2.75) is 6.92 Å². The summed E-state index contributed by atoms with van der Waals surface area (Å²) < 4.78 is 0.310. The zero-order chi connectivity index (χ0) is 9.14. The summed E-state index contributed by atoms with van der Waals surface area (Å²) in [6, 6.07) is 7.31. The number of aryl methyl sites for hydroxylation is 1. The third-order valence-corrected chi connectivity index (χ3v) is 2.00. The maximum atomic E-state index is 8.60. The Morgan fingerprint density at radius 2 is 2.25 bits per heavy atom. The average molecular weight is 196 g/mol. The molecule has 0 spiro atoms. The Morgan fingerprint density at radius 3 is 2.75 bits per heavy atom. The van der Waals surface area contributed by atoms with E-state index in [1.54, 1.807) is 12.1 Å². The first-order valence-corrected chi connectivity index (χ1v) is 4.14. The van der Waals surface area contributed by atoms with Crippen molar-refractivity contribution in [2.75, 3.05) is 0 Å². The van der Waals surface area contributed by atoms with E-state index in [0.29, 0.717) is 9.89 Å². The summed E-state index contributed by atoms with van der Waals surface area (Å²) >= 11 is 10.5. The van der Waals surface area contributed by atoms with Gasteiger partial charge in [0, 0.05) is 5.56 Å². The molecule has 0 aliphatic rings. The molecule has 0 unspecified atom stereocenters. The van der Waals surface area contributed by atoms with Crippen LogP contribution in [0.4, 0.5) is 0 Å². The van der Waals surface area contributed by atoms with Crippen LogP contribution in [0.5, 0.6) is 0 Å². The van der Waals surface area contributed by atoms with Crippen molar-refractivity contribution in [3.63, 3.8) is 0 Å². The molecule has 60 valence electrons. The molecular formula is C9H6ClNS. The fourth-order valence-electron chi connectivity index (χ4n) is 0.903. The maximum Gasteiger partial charge on any atom is 0.111 e. The number of rotatable bonds is 1. The van der Waals surface area contributed by atoms with Gasteiger partial charge in [0.15, 0.2) is 0 Å². The first kappa shape index (κ1) is 9.18. The van der Waals surface area contributed by atoms with E-state index in [-0.39, 0.29) is 0 Å². The highest BCUT2D eigenvalue weighted by molar-refractivity contribution is 7.83. The number of nitrogens with zero attached hydrogens (tertiary/aromatic N) is 1. The molecule has 0 amide bonds. The molecule has 0 aliphatic carbocycles. The van der Waals surface area contributed by atoms with Gasteiger partial charge in [0.05, 0.1) is 11.6 Å². The summed E-state index contributed by atoms with van der Waals surface area (Å²) in [4.78, 5) is 0. The summed E-state index contributed by atoms with van der Waals surface area (Å²) in [5.41, 5.74) is 2.35. The van der Waals surface area contributed by atoms with Crippen LogP contribution in [0.15, 0.2) is 18.2 Å². The first-order valence-electron chi connectivity index (χ1n) is 3.35. The predicted molar refractivity (Wildman–Crippen MR) is 53.4 cm³/mol. The molecule has 0 saturated heterocycles. The van der Waals surface area contributed by atoms with Crippen molar-refractivity contribution in [1.29, 1.82) is 5.26 Å². The molecule has 1 aromatic carbocycles. The molecule has 0 radical (unpaired) electrons. The van der Waals surface area contributed by atoms with Crippen LogP contribution in [-0.4, -0.2) is 4.32 Å². The highest BCUT2D eigenvalue weighted by Gasteiger charge is 2.02. The van der Waals surface area contributed by atoms with Gasteiger partial charge in [-0.15, -0.1) is 0 Å². The Morgan fingerprint density at radius 1 is 1.58 bits per heavy atom. The van der Waals surface area contributed by atoms with Crippen molar-refractivity contribution in [2.24, 2.45) is 0 Å². The Hall–Kier alpha value is -0.910. The van der Waals surface area contributed by atoms with Gasteiger partial charge in [-0.1, -0.05) is 29.9 Å². The van der Waals surface area contributed by atoms with Crippen LogP contribution in [-0.2, 0) is 0 Å². The molecule has 0 fully saturated rings. The van der Waals surface area contributed by atoms with E-state index in [0.717, 1.165) is 11.1 Å². The Labute approximate surface area is 81.6 Å². The van der Waals surface area contributed by atoms with E-state index < -0.39 is 0 Å². The lowest BCUT2D eigenvalue weighted by molar-refractivity contribution is 1.42. The van der Waals surface area contributed by atoms with E-state index in [4.69, 9.17) is 29.1 Å². The third kappa shape index (κ3) is 1.82. The molecule has 0 aliphatic heterocycles. The molecule has 0 saturated carbocycles. The van der Waals surface area contributed by atoms with E-state index in [9.17, 15) is 0 Å². The Bertz CT molecular complexity index is 365. The molecule has 0 atom stereocenters. The van der Waals surface area contributed by atoms with Crippen LogP contribution in [0.3, 0.4) is 0 Å². The van der Waals surface area contributed by atoms with Crippen LogP contribution in [0.1, 0.15) is 16.7 Å². The molecule has 1 aromatic rings.